The number of nitrogens with zero attached hydrogens (tertiary/aromatic N) is 1. The molecule has 2 aliphatic rings. The highest BCUT2D eigenvalue weighted by Gasteiger charge is 2.38. The Hall–Kier alpha value is -2.94. The van der Waals surface area contributed by atoms with Crippen molar-refractivity contribution >= 4 is 5.78 Å². The number of nitriles is 1. The SMILES string of the molecule is CCOc1cc(C2C(C#N)=C(N)OC3=C2C(=O)CCC3)ccc1O. The fraction of sp³-hybridized carbons (Fsp3) is 0.333. The number of benzene rings is 1. The first-order valence-corrected chi connectivity index (χ1v) is 7.86. The molecule has 124 valence electrons. The number of phenolic OH excluding ortho intramolecular Hbond substituents is 1. The molecule has 0 saturated heterocycles. The number of hydrogen-bond acceptors (Lipinski definition) is 6. The molecule has 3 rings (SSSR count). The smallest absolute Gasteiger partial charge is 0.205 e. The number of allylic oxidation sites excluding steroid dienone is 3. The van der Waals surface area contributed by atoms with E-state index in [0.717, 1.165) is 0 Å². The van der Waals surface area contributed by atoms with Crippen molar-refractivity contribution in [3.63, 3.8) is 0 Å². The van der Waals surface area contributed by atoms with Gasteiger partial charge in [0, 0.05) is 18.4 Å². The lowest BCUT2D eigenvalue weighted by atomic mass is 9.77. The molecule has 6 heteroatoms. The molecular formula is C18H18N2O4. The summed E-state index contributed by atoms with van der Waals surface area (Å²) in [6.45, 7) is 2.20. The first-order chi connectivity index (χ1) is 11.6. The molecule has 0 amide bonds. The third kappa shape index (κ3) is 2.58. The zero-order valence-electron chi connectivity index (χ0n) is 13.3. The van der Waals surface area contributed by atoms with Crippen LogP contribution in [0.2, 0.25) is 0 Å². The molecular weight excluding hydrogens is 308 g/mol. The van der Waals surface area contributed by atoms with Gasteiger partial charge in [-0.05, 0) is 31.0 Å². The fourth-order valence-corrected chi connectivity index (χ4v) is 3.17. The third-order valence-corrected chi connectivity index (χ3v) is 4.22. The minimum Gasteiger partial charge on any atom is -0.504 e. The van der Waals surface area contributed by atoms with E-state index in [1.807, 2.05) is 6.92 Å². The Morgan fingerprint density at radius 3 is 2.96 bits per heavy atom. The van der Waals surface area contributed by atoms with Crippen LogP contribution in [0.5, 0.6) is 11.5 Å². The molecule has 6 nitrogen and oxygen atoms in total. The van der Waals surface area contributed by atoms with Crippen LogP contribution in [-0.4, -0.2) is 17.5 Å². The first-order valence-electron chi connectivity index (χ1n) is 7.86. The fourth-order valence-electron chi connectivity index (χ4n) is 3.17. The number of Topliss-reactive ketones (excluding diaryl/α,β-unsaturated/α-hetero) is 1. The van der Waals surface area contributed by atoms with Crippen molar-refractivity contribution in [2.75, 3.05) is 6.61 Å². The molecule has 1 aromatic rings. The number of nitrogens with two attached hydrogens (primary N) is 1. The molecule has 1 aliphatic heterocycles. The Morgan fingerprint density at radius 2 is 2.25 bits per heavy atom. The van der Waals surface area contributed by atoms with Crippen molar-refractivity contribution < 1.29 is 19.4 Å². The van der Waals surface area contributed by atoms with E-state index in [0.29, 0.717) is 48.5 Å². The van der Waals surface area contributed by atoms with Crippen molar-refractivity contribution in [2.24, 2.45) is 5.73 Å². The summed E-state index contributed by atoms with van der Waals surface area (Å²) < 4.78 is 10.9. The van der Waals surface area contributed by atoms with Gasteiger partial charge >= 0.3 is 0 Å². The number of hydrogen-bond donors (Lipinski definition) is 2. The van der Waals surface area contributed by atoms with Gasteiger partial charge in [0.05, 0.1) is 12.5 Å². The maximum absolute atomic E-state index is 12.5. The normalized spacial score (nSPS) is 20.3. The Labute approximate surface area is 139 Å². The molecule has 1 unspecified atom stereocenters. The third-order valence-electron chi connectivity index (χ3n) is 4.22. The summed E-state index contributed by atoms with van der Waals surface area (Å²) in [5.41, 5.74) is 7.27. The minimum absolute atomic E-state index is 0.00675. The summed E-state index contributed by atoms with van der Waals surface area (Å²) >= 11 is 0. The molecule has 1 heterocycles. The van der Waals surface area contributed by atoms with E-state index in [9.17, 15) is 15.2 Å². The van der Waals surface area contributed by atoms with Crippen molar-refractivity contribution in [1.29, 1.82) is 5.26 Å². The Bertz CT molecular complexity index is 802. The Morgan fingerprint density at radius 1 is 1.46 bits per heavy atom. The van der Waals surface area contributed by atoms with E-state index >= 15 is 0 Å². The largest absolute Gasteiger partial charge is 0.504 e. The molecule has 24 heavy (non-hydrogen) atoms. The lowest BCUT2D eigenvalue weighted by Crippen LogP contribution is -2.27. The van der Waals surface area contributed by atoms with Crippen LogP contribution in [0.4, 0.5) is 0 Å². The van der Waals surface area contributed by atoms with E-state index < -0.39 is 5.92 Å². The Balaban J connectivity index is 2.16. The van der Waals surface area contributed by atoms with E-state index in [-0.39, 0.29) is 23.0 Å². The van der Waals surface area contributed by atoms with E-state index in [4.69, 9.17) is 15.2 Å². The second-order valence-electron chi connectivity index (χ2n) is 5.70. The maximum Gasteiger partial charge on any atom is 0.205 e. The zero-order chi connectivity index (χ0) is 17.3. The summed E-state index contributed by atoms with van der Waals surface area (Å²) in [6, 6.07) is 6.87. The summed E-state index contributed by atoms with van der Waals surface area (Å²) in [6.07, 6.45) is 1.75. The van der Waals surface area contributed by atoms with Gasteiger partial charge in [-0.25, -0.2) is 0 Å². The number of ether oxygens (including phenoxy) is 2. The predicted octanol–water partition coefficient (Wildman–Crippen LogP) is 2.61. The van der Waals surface area contributed by atoms with Crippen LogP contribution >= 0.6 is 0 Å². The highest BCUT2D eigenvalue weighted by Crippen LogP contribution is 2.44. The summed E-state index contributed by atoms with van der Waals surface area (Å²) in [7, 11) is 0. The standard InChI is InChI=1S/C18H18N2O4/c1-2-23-15-8-10(6-7-12(15)21)16-11(9-19)18(20)24-14-5-3-4-13(22)17(14)16/h6-8,16,21H,2-5,20H2,1H3. The lowest BCUT2D eigenvalue weighted by molar-refractivity contribution is -0.116. The molecule has 0 spiro atoms. The van der Waals surface area contributed by atoms with E-state index in [2.05, 4.69) is 6.07 Å². The highest BCUT2D eigenvalue weighted by atomic mass is 16.5. The van der Waals surface area contributed by atoms with Crippen LogP contribution in [0.1, 0.15) is 37.7 Å². The summed E-state index contributed by atoms with van der Waals surface area (Å²) in [5.74, 6) is 0.259. The molecule has 1 aromatic carbocycles. The minimum atomic E-state index is -0.591. The molecule has 1 atom stereocenters. The second kappa shape index (κ2) is 6.28. The molecule has 0 bridgehead atoms. The number of rotatable bonds is 3. The monoisotopic (exact) mass is 326 g/mol. The first kappa shape index (κ1) is 15.9. The summed E-state index contributed by atoms with van der Waals surface area (Å²) in [4.78, 5) is 12.5. The van der Waals surface area contributed by atoms with E-state index in [1.54, 1.807) is 12.1 Å². The van der Waals surface area contributed by atoms with Gasteiger partial charge in [0.1, 0.15) is 17.4 Å². The van der Waals surface area contributed by atoms with Crippen molar-refractivity contribution in [2.45, 2.75) is 32.1 Å². The summed E-state index contributed by atoms with van der Waals surface area (Å²) in [5, 5.41) is 19.4. The van der Waals surface area contributed by atoms with Crippen LogP contribution in [-0.2, 0) is 9.53 Å². The number of phenols is 1. The quantitative estimate of drug-likeness (QED) is 0.884. The predicted molar refractivity (Wildman–Crippen MR) is 85.8 cm³/mol. The maximum atomic E-state index is 12.5. The molecule has 0 aromatic heterocycles. The number of carbonyl (C=O) groups excluding carboxylic acids is 1. The van der Waals surface area contributed by atoms with Crippen LogP contribution in [0, 0.1) is 11.3 Å². The Kier molecular flexibility index (Phi) is 4.17. The topological polar surface area (TPSA) is 106 Å². The van der Waals surface area contributed by atoms with Crippen LogP contribution in [0.3, 0.4) is 0 Å². The number of aromatic hydroxyl groups is 1. The van der Waals surface area contributed by atoms with Gasteiger partial charge in [-0.1, -0.05) is 6.07 Å². The van der Waals surface area contributed by atoms with Crippen LogP contribution in [0.25, 0.3) is 0 Å². The average Bonchev–Trinajstić information content (AvgIpc) is 2.56. The zero-order valence-corrected chi connectivity index (χ0v) is 13.3. The van der Waals surface area contributed by atoms with Gasteiger partial charge in [0.15, 0.2) is 17.3 Å². The van der Waals surface area contributed by atoms with Gasteiger partial charge in [0.2, 0.25) is 5.88 Å². The number of ketones is 1. The molecule has 0 radical (unpaired) electrons. The molecule has 1 aliphatic carbocycles. The lowest BCUT2D eigenvalue weighted by Gasteiger charge is -2.31. The van der Waals surface area contributed by atoms with Gasteiger partial charge in [-0.2, -0.15) is 5.26 Å². The van der Waals surface area contributed by atoms with Crippen LogP contribution < -0.4 is 10.5 Å². The van der Waals surface area contributed by atoms with Crippen LogP contribution in [0.15, 0.2) is 41.0 Å². The van der Waals surface area contributed by atoms with Gasteiger partial charge in [-0.15, -0.1) is 0 Å². The van der Waals surface area contributed by atoms with Crippen molar-refractivity contribution in [3.8, 4) is 17.6 Å². The number of carbonyl (C=O) groups is 1. The van der Waals surface area contributed by atoms with Gasteiger partial charge in [0.25, 0.3) is 0 Å². The molecule has 0 fully saturated rings. The van der Waals surface area contributed by atoms with E-state index in [1.165, 1.54) is 6.07 Å². The van der Waals surface area contributed by atoms with Crippen molar-refractivity contribution in [1.82, 2.24) is 0 Å². The van der Waals surface area contributed by atoms with Crippen molar-refractivity contribution in [3.05, 3.63) is 46.6 Å². The highest BCUT2D eigenvalue weighted by molar-refractivity contribution is 5.99. The van der Waals surface area contributed by atoms with Gasteiger partial charge < -0.3 is 20.3 Å². The molecule has 3 N–H and O–H groups in total. The van der Waals surface area contributed by atoms with Gasteiger partial charge in [-0.3, -0.25) is 4.79 Å². The molecule has 0 saturated carbocycles. The average molecular weight is 326 g/mol. The second-order valence-corrected chi connectivity index (χ2v) is 5.70.